The summed E-state index contributed by atoms with van der Waals surface area (Å²) >= 11 is 0. The highest BCUT2D eigenvalue weighted by molar-refractivity contribution is 5.89. The van der Waals surface area contributed by atoms with Gasteiger partial charge < -0.3 is 16.2 Å². The molecule has 1 aliphatic carbocycles. The number of nitrogens with two attached hydrogens (primary N) is 1. The minimum atomic E-state index is -0.976. The van der Waals surface area contributed by atoms with Gasteiger partial charge in [-0.15, -0.1) is 0 Å². The van der Waals surface area contributed by atoms with Crippen molar-refractivity contribution in [2.45, 2.75) is 24.9 Å². The van der Waals surface area contributed by atoms with Crippen molar-refractivity contribution in [2.24, 2.45) is 5.73 Å². The molecule has 90 valence electrons. The third kappa shape index (κ3) is 2.62. The van der Waals surface area contributed by atoms with Crippen molar-refractivity contribution in [3.8, 4) is 0 Å². The van der Waals surface area contributed by atoms with E-state index in [4.69, 9.17) is 10.8 Å². The van der Waals surface area contributed by atoms with Crippen molar-refractivity contribution in [1.82, 2.24) is 5.32 Å². The number of benzene rings is 1. The molecule has 2 rings (SSSR count). The highest BCUT2D eigenvalue weighted by Crippen LogP contribution is 2.32. The standard InChI is InChI=1S/C12H14N2O3/c13-12(4-5-12)11(17)14-7-8-2-1-3-9(6-8)10(15)16/h1-3,6H,4-5,7,13H2,(H,14,17)(H,15,16). The maximum atomic E-state index is 11.6. The van der Waals surface area contributed by atoms with Crippen LogP contribution in [-0.2, 0) is 11.3 Å². The first kappa shape index (κ1) is 11.6. The monoisotopic (exact) mass is 234 g/mol. The molecule has 0 aromatic heterocycles. The number of rotatable bonds is 4. The third-order valence-corrected chi connectivity index (χ3v) is 2.87. The lowest BCUT2D eigenvalue weighted by Crippen LogP contribution is -2.42. The molecule has 1 amide bonds. The largest absolute Gasteiger partial charge is 0.478 e. The summed E-state index contributed by atoms with van der Waals surface area (Å²) in [5, 5.41) is 11.5. The lowest BCUT2D eigenvalue weighted by atomic mass is 10.1. The average molecular weight is 234 g/mol. The van der Waals surface area contributed by atoms with Gasteiger partial charge in [0.15, 0.2) is 0 Å². The van der Waals surface area contributed by atoms with Gasteiger partial charge in [0.25, 0.3) is 0 Å². The predicted octanol–water partition coefficient (Wildman–Crippen LogP) is 0.492. The topological polar surface area (TPSA) is 92.4 Å². The summed E-state index contributed by atoms with van der Waals surface area (Å²) in [6.07, 6.45) is 1.43. The molecule has 1 aromatic carbocycles. The Morgan fingerprint density at radius 3 is 2.71 bits per heavy atom. The van der Waals surface area contributed by atoms with Gasteiger partial charge in [0.2, 0.25) is 5.91 Å². The lowest BCUT2D eigenvalue weighted by Gasteiger charge is -2.10. The van der Waals surface area contributed by atoms with Crippen LogP contribution in [0.2, 0.25) is 0 Å². The Labute approximate surface area is 98.6 Å². The van der Waals surface area contributed by atoms with Crippen molar-refractivity contribution < 1.29 is 14.7 Å². The molecule has 1 aliphatic rings. The second-order valence-electron chi connectivity index (χ2n) is 4.34. The summed E-state index contributed by atoms with van der Waals surface area (Å²) in [5.41, 5.74) is 6.00. The molecule has 0 bridgehead atoms. The number of nitrogens with one attached hydrogen (secondary N) is 1. The molecular weight excluding hydrogens is 220 g/mol. The second-order valence-corrected chi connectivity index (χ2v) is 4.34. The van der Waals surface area contributed by atoms with Crippen LogP contribution in [0.5, 0.6) is 0 Å². The Kier molecular flexibility index (Phi) is 2.85. The Balaban J connectivity index is 1.97. The van der Waals surface area contributed by atoms with E-state index < -0.39 is 11.5 Å². The Morgan fingerprint density at radius 1 is 1.41 bits per heavy atom. The van der Waals surface area contributed by atoms with Crippen molar-refractivity contribution in [2.75, 3.05) is 0 Å². The minimum absolute atomic E-state index is 0.168. The number of aromatic carboxylic acids is 1. The normalized spacial score (nSPS) is 16.3. The Morgan fingerprint density at radius 2 is 2.12 bits per heavy atom. The van der Waals surface area contributed by atoms with E-state index >= 15 is 0 Å². The van der Waals surface area contributed by atoms with Crippen LogP contribution < -0.4 is 11.1 Å². The smallest absolute Gasteiger partial charge is 0.335 e. The van der Waals surface area contributed by atoms with Crippen LogP contribution in [-0.4, -0.2) is 22.5 Å². The maximum Gasteiger partial charge on any atom is 0.335 e. The van der Waals surface area contributed by atoms with Crippen LogP contribution in [0.15, 0.2) is 24.3 Å². The summed E-state index contributed by atoms with van der Waals surface area (Å²) in [6.45, 7) is 0.304. The maximum absolute atomic E-state index is 11.6. The third-order valence-electron chi connectivity index (χ3n) is 2.87. The van der Waals surface area contributed by atoms with E-state index in [1.807, 2.05) is 0 Å². The molecule has 1 fully saturated rings. The fourth-order valence-corrected chi connectivity index (χ4v) is 1.53. The number of carbonyl (C=O) groups excluding carboxylic acids is 1. The molecule has 0 heterocycles. The zero-order valence-corrected chi connectivity index (χ0v) is 9.27. The van der Waals surface area contributed by atoms with Gasteiger partial charge in [0, 0.05) is 6.54 Å². The average Bonchev–Trinajstić information content (AvgIpc) is 3.06. The first-order valence-corrected chi connectivity index (χ1v) is 5.41. The quantitative estimate of drug-likeness (QED) is 0.707. The van der Waals surface area contributed by atoms with Crippen molar-refractivity contribution >= 4 is 11.9 Å². The number of amides is 1. The van der Waals surface area contributed by atoms with Gasteiger partial charge in [-0.1, -0.05) is 12.1 Å². The first-order valence-electron chi connectivity index (χ1n) is 5.41. The van der Waals surface area contributed by atoms with Gasteiger partial charge in [-0.25, -0.2) is 4.79 Å². The van der Waals surface area contributed by atoms with Crippen molar-refractivity contribution in [1.29, 1.82) is 0 Å². The molecule has 1 aromatic rings. The number of carboxylic acids is 1. The summed E-state index contributed by atoms with van der Waals surface area (Å²) < 4.78 is 0. The molecule has 5 heteroatoms. The van der Waals surface area contributed by atoms with Crippen LogP contribution in [0, 0.1) is 0 Å². The van der Waals surface area contributed by atoms with Crippen LogP contribution in [0.1, 0.15) is 28.8 Å². The van der Waals surface area contributed by atoms with Crippen LogP contribution in [0.3, 0.4) is 0 Å². The SMILES string of the molecule is NC1(C(=O)NCc2cccc(C(=O)O)c2)CC1. The molecule has 0 aliphatic heterocycles. The molecule has 0 atom stereocenters. The second kappa shape index (κ2) is 4.18. The number of hydrogen-bond donors (Lipinski definition) is 3. The molecule has 0 unspecified atom stereocenters. The van der Waals surface area contributed by atoms with Crippen LogP contribution in [0.4, 0.5) is 0 Å². The van der Waals surface area contributed by atoms with Gasteiger partial charge in [-0.2, -0.15) is 0 Å². The molecule has 4 N–H and O–H groups in total. The number of carboxylic acid groups (broad SMARTS) is 1. The lowest BCUT2D eigenvalue weighted by molar-refractivity contribution is -0.123. The Hall–Kier alpha value is -1.88. The van der Waals surface area contributed by atoms with E-state index in [0.29, 0.717) is 19.4 Å². The predicted molar refractivity (Wildman–Crippen MR) is 61.4 cm³/mol. The van der Waals surface area contributed by atoms with Crippen molar-refractivity contribution in [3.63, 3.8) is 0 Å². The van der Waals surface area contributed by atoms with Gasteiger partial charge in [0.05, 0.1) is 11.1 Å². The van der Waals surface area contributed by atoms with Gasteiger partial charge in [0.1, 0.15) is 0 Å². The van der Waals surface area contributed by atoms with E-state index in [1.165, 1.54) is 6.07 Å². The van der Waals surface area contributed by atoms with Crippen LogP contribution in [0.25, 0.3) is 0 Å². The van der Waals surface area contributed by atoms with E-state index in [-0.39, 0.29) is 11.5 Å². The van der Waals surface area contributed by atoms with E-state index in [0.717, 1.165) is 5.56 Å². The van der Waals surface area contributed by atoms with E-state index in [9.17, 15) is 9.59 Å². The fraction of sp³-hybridized carbons (Fsp3) is 0.333. The fourth-order valence-electron chi connectivity index (χ4n) is 1.53. The zero-order valence-electron chi connectivity index (χ0n) is 9.27. The summed E-state index contributed by atoms with van der Waals surface area (Å²) in [7, 11) is 0. The first-order chi connectivity index (χ1) is 8.01. The van der Waals surface area contributed by atoms with Gasteiger partial charge >= 0.3 is 5.97 Å². The highest BCUT2D eigenvalue weighted by Gasteiger charge is 2.45. The van der Waals surface area contributed by atoms with Gasteiger partial charge in [-0.05, 0) is 30.5 Å². The molecule has 0 spiro atoms. The highest BCUT2D eigenvalue weighted by atomic mass is 16.4. The molecule has 5 nitrogen and oxygen atoms in total. The minimum Gasteiger partial charge on any atom is -0.478 e. The zero-order chi connectivity index (χ0) is 12.5. The molecule has 17 heavy (non-hydrogen) atoms. The molecule has 0 radical (unpaired) electrons. The summed E-state index contributed by atoms with van der Waals surface area (Å²) in [4.78, 5) is 22.3. The number of carbonyl (C=O) groups is 2. The summed E-state index contributed by atoms with van der Waals surface area (Å²) in [5.74, 6) is -1.14. The van der Waals surface area contributed by atoms with E-state index in [2.05, 4.69) is 5.32 Å². The Bertz CT molecular complexity index is 467. The number of hydrogen-bond acceptors (Lipinski definition) is 3. The summed E-state index contributed by atoms with van der Waals surface area (Å²) in [6, 6.07) is 6.47. The van der Waals surface area contributed by atoms with Gasteiger partial charge in [-0.3, -0.25) is 4.79 Å². The van der Waals surface area contributed by atoms with Crippen LogP contribution >= 0.6 is 0 Å². The molecule has 1 saturated carbocycles. The van der Waals surface area contributed by atoms with E-state index in [1.54, 1.807) is 18.2 Å². The molecular formula is C12H14N2O3. The van der Waals surface area contributed by atoms with Crippen molar-refractivity contribution in [3.05, 3.63) is 35.4 Å². The molecule has 0 saturated heterocycles.